The number of hydrogen-bond donors (Lipinski definition) is 1. The first-order valence-corrected chi connectivity index (χ1v) is 7.43. The molecule has 0 fully saturated rings. The third kappa shape index (κ3) is 5.01. The summed E-state index contributed by atoms with van der Waals surface area (Å²) in [5, 5.41) is 6.39. The summed E-state index contributed by atoms with van der Waals surface area (Å²) in [6.45, 7) is 6.92. The first-order valence-electron chi connectivity index (χ1n) is 6.55. The van der Waals surface area contributed by atoms with Gasteiger partial charge in [-0.3, -0.25) is 0 Å². The van der Waals surface area contributed by atoms with Crippen LogP contribution in [0, 0.1) is 5.92 Å². The summed E-state index contributed by atoms with van der Waals surface area (Å²) in [5.74, 6) is 1.57. The summed E-state index contributed by atoms with van der Waals surface area (Å²) in [6.07, 6.45) is 1.80. The fourth-order valence-corrected chi connectivity index (χ4v) is 2.21. The average molecular weight is 276 g/mol. The van der Waals surface area contributed by atoms with Crippen molar-refractivity contribution < 1.29 is 4.74 Å². The molecule has 0 spiro atoms. The Hall–Kier alpha value is -1.39. The molecule has 102 valence electrons. The highest BCUT2D eigenvalue weighted by atomic mass is 32.1. The second kappa shape index (κ2) is 7.26. The average Bonchev–Trinajstić information content (AvgIpc) is 2.90. The Morgan fingerprint density at radius 1 is 1.26 bits per heavy atom. The number of ether oxygens (including phenoxy) is 1. The molecule has 0 amide bonds. The maximum absolute atomic E-state index is 5.68. The van der Waals surface area contributed by atoms with Gasteiger partial charge >= 0.3 is 0 Å². The van der Waals surface area contributed by atoms with Crippen LogP contribution in [0.3, 0.4) is 0 Å². The Bertz CT molecular complexity index is 465. The smallest absolute Gasteiger partial charge is 0.140 e. The quantitative estimate of drug-likeness (QED) is 0.841. The summed E-state index contributed by atoms with van der Waals surface area (Å²) < 4.78 is 5.68. The normalized spacial score (nSPS) is 10.9. The molecular weight excluding hydrogens is 256 g/mol. The van der Waals surface area contributed by atoms with Crippen molar-refractivity contribution >= 4 is 11.3 Å². The SMILES string of the molecule is CC(C)CNCc1ccc(OCc2nccs2)cc1. The molecule has 0 radical (unpaired) electrons. The summed E-state index contributed by atoms with van der Waals surface area (Å²) >= 11 is 1.61. The highest BCUT2D eigenvalue weighted by Crippen LogP contribution is 2.15. The van der Waals surface area contributed by atoms with Crippen LogP contribution in [-0.2, 0) is 13.2 Å². The zero-order valence-corrected chi connectivity index (χ0v) is 12.2. The summed E-state index contributed by atoms with van der Waals surface area (Å²) in [5.41, 5.74) is 1.28. The zero-order chi connectivity index (χ0) is 13.5. The van der Waals surface area contributed by atoms with E-state index in [2.05, 4.69) is 36.3 Å². The third-order valence-electron chi connectivity index (χ3n) is 2.65. The van der Waals surface area contributed by atoms with E-state index in [-0.39, 0.29) is 0 Å². The molecule has 0 saturated heterocycles. The molecule has 0 unspecified atom stereocenters. The topological polar surface area (TPSA) is 34.1 Å². The van der Waals surface area contributed by atoms with Gasteiger partial charge in [-0.1, -0.05) is 26.0 Å². The maximum Gasteiger partial charge on any atom is 0.140 e. The van der Waals surface area contributed by atoms with Gasteiger partial charge in [-0.05, 0) is 30.2 Å². The van der Waals surface area contributed by atoms with Gasteiger partial charge in [-0.2, -0.15) is 0 Å². The third-order valence-corrected chi connectivity index (χ3v) is 3.40. The molecule has 0 atom stereocenters. The van der Waals surface area contributed by atoms with Gasteiger partial charge in [0.15, 0.2) is 0 Å². The molecule has 1 N–H and O–H groups in total. The van der Waals surface area contributed by atoms with E-state index in [9.17, 15) is 0 Å². The summed E-state index contributed by atoms with van der Waals surface area (Å²) in [7, 11) is 0. The summed E-state index contributed by atoms with van der Waals surface area (Å²) in [6, 6.07) is 8.23. The van der Waals surface area contributed by atoms with Gasteiger partial charge in [0, 0.05) is 18.1 Å². The monoisotopic (exact) mass is 276 g/mol. The molecule has 0 aliphatic carbocycles. The van der Waals surface area contributed by atoms with Gasteiger partial charge in [0.25, 0.3) is 0 Å². The molecule has 4 heteroatoms. The highest BCUT2D eigenvalue weighted by Gasteiger charge is 1.99. The lowest BCUT2D eigenvalue weighted by molar-refractivity contribution is 0.305. The molecular formula is C15H20N2OS. The standard InChI is InChI=1S/C15H20N2OS/c1-12(2)9-16-10-13-3-5-14(6-4-13)18-11-15-17-7-8-19-15/h3-8,12,16H,9-11H2,1-2H3. The minimum Gasteiger partial charge on any atom is -0.486 e. The molecule has 0 aliphatic rings. The second-order valence-corrected chi connectivity index (χ2v) is 5.86. The molecule has 1 aromatic heterocycles. The minimum atomic E-state index is 0.544. The Labute approximate surface area is 118 Å². The maximum atomic E-state index is 5.68. The van der Waals surface area contributed by atoms with Crippen molar-refractivity contribution in [2.45, 2.75) is 27.0 Å². The predicted octanol–water partition coefficient (Wildman–Crippen LogP) is 3.47. The van der Waals surface area contributed by atoms with E-state index >= 15 is 0 Å². The van der Waals surface area contributed by atoms with E-state index < -0.39 is 0 Å². The fourth-order valence-electron chi connectivity index (χ4n) is 1.68. The van der Waals surface area contributed by atoms with Crippen LogP contribution >= 0.6 is 11.3 Å². The van der Waals surface area contributed by atoms with E-state index in [1.807, 2.05) is 17.5 Å². The van der Waals surface area contributed by atoms with Crippen molar-refractivity contribution in [3.63, 3.8) is 0 Å². The van der Waals surface area contributed by atoms with Gasteiger partial charge < -0.3 is 10.1 Å². The van der Waals surface area contributed by atoms with Crippen LogP contribution in [0.25, 0.3) is 0 Å². The van der Waals surface area contributed by atoms with E-state index in [1.54, 1.807) is 17.5 Å². The molecule has 2 rings (SSSR count). The van der Waals surface area contributed by atoms with E-state index in [1.165, 1.54) is 5.56 Å². The molecule has 3 nitrogen and oxygen atoms in total. The number of nitrogens with one attached hydrogen (secondary N) is 1. The van der Waals surface area contributed by atoms with Gasteiger partial charge in [0.2, 0.25) is 0 Å². The Morgan fingerprint density at radius 3 is 2.68 bits per heavy atom. The molecule has 1 aromatic carbocycles. The first kappa shape index (κ1) is 14.0. The fraction of sp³-hybridized carbons (Fsp3) is 0.400. The lowest BCUT2D eigenvalue weighted by Gasteiger charge is -2.08. The highest BCUT2D eigenvalue weighted by molar-refractivity contribution is 7.09. The Balaban J connectivity index is 1.77. The van der Waals surface area contributed by atoms with Crippen LogP contribution in [-0.4, -0.2) is 11.5 Å². The van der Waals surface area contributed by atoms with Gasteiger partial charge in [0.1, 0.15) is 17.4 Å². The van der Waals surface area contributed by atoms with Crippen molar-refractivity contribution in [1.82, 2.24) is 10.3 Å². The van der Waals surface area contributed by atoms with E-state index in [0.29, 0.717) is 12.5 Å². The Kier molecular flexibility index (Phi) is 5.36. The lowest BCUT2D eigenvalue weighted by Crippen LogP contribution is -2.18. The van der Waals surface area contributed by atoms with Crippen LogP contribution in [0.5, 0.6) is 5.75 Å². The number of nitrogens with zero attached hydrogens (tertiary/aromatic N) is 1. The molecule has 0 bridgehead atoms. The number of hydrogen-bond acceptors (Lipinski definition) is 4. The number of rotatable bonds is 7. The zero-order valence-electron chi connectivity index (χ0n) is 11.4. The van der Waals surface area contributed by atoms with Crippen molar-refractivity contribution in [3.8, 4) is 5.75 Å². The lowest BCUT2D eigenvalue weighted by atomic mass is 10.2. The van der Waals surface area contributed by atoms with E-state index in [4.69, 9.17) is 4.74 Å². The largest absolute Gasteiger partial charge is 0.486 e. The molecule has 0 saturated carbocycles. The number of thiazole rings is 1. The van der Waals surface area contributed by atoms with Crippen LogP contribution in [0.4, 0.5) is 0 Å². The molecule has 2 aromatic rings. The van der Waals surface area contributed by atoms with Crippen LogP contribution in [0.1, 0.15) is 24.4 Å². The minimum absolute atomic E-state index is 0.544. The van der Waals surface area contributed by atoms with Crippen LogP contribution in [0.15, 0.2) is 35.8 Å². The van der Waals surface area contributed by atoms with Crippen molar-refractivity contribution in [2.75, 3.05) is 6.54 Å². The molecule has 1 heterocycles. The van der Waals surface area contributed by atoms with Gasteiger partial charge in [-0.15, -0.1) is 11.3 Å². The van der Waals surface area contributed by atoms with Crippen molar-refractivity contribution in [3.05, 3.63) is 46.4 Å². The van der Waals surface area contributed by atoms with Crippen LogP contribution in [0.2, 0.25) is 0 Å². The number of benzene rings is 1. The van der Waals surface area contributed by atoms with E-state index in [0.717, 1.165) is 23.8 Å². The second-order valence-electron chi connectivity index (χ2n) is 4.88. The Morgan fingerprint density at radius 2 is 2.05 bits per heavy atom. The van der Waals surface area contributed by atoms with Gasteiger partial charge in [0.05, 0.1) is 0 Å². The van der Waals surface area contributed by atoms with Gasteiger partial charge in [-0.25, -0.2) is 4.98 Å². The van der Waals surface area contributed by atoms with Crippen LogP contribution < -0.4 is 10.1 Å². The molecule has 0 aliphatic heterocycles. The summed E-state index contributed by atoms with van der Waals surface area (Å²) in [4.78, 5) is 4.19. The van der Waals surface area contributed by atoms with Crippen molar-refractivity contribution in [1.29, 1.82) is 0 Å². The first-order chi connectivity index (χ1) is 9.24. The molecule has 19 heavy (non-hydrogen) atoms. The number of aromatic nitrogens is 1. The predicted molar refractivity (Wildman–Crippen MR) is 79.4 cm³/mol. The van der Waals surface area contributed by atoms with Crippen molar-refractivity contribution in [2.24, 2.45) is 5.92 Å².